The number of anilines is 2. The summed E-state index contributed by atoms with van der Waals surface area (Å²) >= 11 is 1.68. The normalized spacial score (nSPS) is 11.9. The van der Waals surface area contributed by atoms with Crippen LogP contribution in [-0.2, 0) is 22.9 Å². The summed E-state index contributed by atoms with van der Waals surface area (Å²) in [7, 11) is -3.73. The average Bonchev–Trinajstić information content (AvgIpc) is 3.08. The van der Waals surface area contributed by atoms with Crippen molar-refractivity contribution in [2.75, 3.05) is 5.32 Å². The van der Waals surface area contributed by atoms with Gasteiger partial charge in [-0.1, -0.05) is 19.9 Å². The summed E-state index contributed by atoms with van der Waals surface area (Å²) in [5.74, 6) is 0.920. The maximum Gasteiger partial charge on any atom is 0.238 e. The third-order valence-corrected chi connectivity index (χ3v) is 6.76. The van der Waals surface area contributed by atoms with Crippen molar-refractivity contribution < 1.29 is 8.42 Å². The fraction of sp³-hybridized carbons (Fsp3) is 0.261. The van der Waals surface area contributed by atoms with Crippen LogP contribution in [0.3, 0.4) is 0 Å². The fourth-order valence-corrected chi connectivity index (χ4v) is 4.99. The third-order valence-electron chi connectivity index (χ3n) is 4.81. The van der Waals surface area contributed by atoms with Gasteiger partial charge in [-0.25, -0.2) is 28.5 Å². The van der Waals surface area contributed by atoms with Crippen LogP contribution in [0.2, 0.25) is 0 Å². The van der Waals surface area contributed by atoms with E-state index < -0.39 is 10.0 Å². The molecule has 7 nitrogen and oxygen atoms in total. The zero-order chi connectivity index (χ0) is 22.9. The molecule has 3 N–H and O–H groups in total. The number of hydrogen-bond acceptors (Lipinski definition) is 7. The van der Waals surface area contributed by atoms with Crippen LogP contribution < -0.4 is 10.5 Å². The number of aryl methyl sites for hydroxylation is 1. The average molecular weight is 468 g/mol. The number of sulfonamides is 1. The van der Waals surface area contributed by atoms with E-state index in [-0.39, 0.29) is 4.90 Å². The summed E-state index contributed by atoms with van der Waals surface area (Å²) < 4.78 is 24.1. The van der Waals surface area contributed by atoms with Crippen LogP contribution in [0.5, 0.6) is 0 Å². The molecule has 4 aromatic rings. The van der Waals surface area contributed by atoms with Crippen LogP contribution in [0, 0.1) is 12.8 Å². The predicted molar refractivity (Wildman–Crippen MR) is 129 cm³/mol. The maximum atomic E-state index is 11.5. The van der Waals surface area contributed by atoms with E-state index in [1.807, 2.05) is 12.1 Å². The standard InChI is InChI=1S/C23H25N5O2S2/c1-14(2)10-17-12-18(13-22-28-20-9-4-15(3)11-21(20)31-22)27-23(26-17)25-16-5-7-19(8-6-16)32(24,29)30/h4-9,11-12,14H,10,13H2,1-3H3,(H2,24,29,30)(H,25,26,27). The first-order valence-corrected chi connectivity index (χ1v) is 12.6. The molecule has 0 fully saturated rings. The summed E-state index contributed by atoms with van der Waals surface area (Å²) in [6.45, 7) is 6.38. The second kappa shape index (κ2) is 8.93. The molecule has 166 valence electrons. The van der Waals surface area contributed by atoms with Crippen LogP contribution in [0.1, 0.15) is 35.8 Å². The van der Waals surface area contributed by atoms with E-state index in [1.165, 1.54) is 22.4 Å². The quantitative estimate of drug-likeness (QED) is 0.412. The van der Waals surface area contributed by atoms with Gasteiger partial charge in [-0.2, -0.15) is 0 Å². The largest absolute Gasteiger partial charge is 0.324 e. The zero-order valence-corrected chi connectivity index (χ0v) is 19.8. The molecule has 4 rings (SSSR count). The number of thiazole rings is 1. The Morgan fingerprint density at radius 1 is 1.00 bits per heavy atom. The van der Waals surface area contributed by atoms with Crippen molar-refractivity contribution in [1.29, 1.82) is 0 Å². The minimum absolute atomic E-state index is 0.0595. The number of hydrogen-bond donors (Lipinski definition) is 2. The first kappa shape index (κ1) is 22.3. The highest BCUT2D eigenvalue weighted by Crippen LogP contribution is 2.25. The molecule has 0 spiro atoms. The number of nitrogens with two attached hydrogens (primary N) is 1. The smallest absolute Gasteiger partial charge is 0.238 e. The molecule has 32 heavy (non-hydrogen) atoms. The molecule has 0 aliphatic carbocycles. The number of rotatable bonds is 7. The monoisotopic (exact) mass is 467 g/mol. The van der Waals surface area contributed by atoms with Crippen molar-refractivity contribution in [1.82, 2.24) is 15.0 Å². The van der Waals surface area contributed by atoms with Crippen molar-refractivity contribution in [2.45, 2.75) is 38.5 Å². The minimum atomic E-state index is -3.73. The van der Waals surface area contributed by atoms with E-state index >= 15 is 0 Å². The lowest BCUT2D eigenvalue weighted by atomic mass is 10.1. The van der Waals surface area contributed by atoms with Crippen molar-refractivity contribution >= 4 is 43.2 Å². The van der Waals surface area contributed by atoms with E-state index in [2.05, 4.69) is 43.2 Å². The molecule has 0 saturated carbocycles. The number of nitrogens with one attached hydrogen (secondary N) is 1. The lowest BCUT2D eigenvalue weighted by molar-refractivity contribution is 0.598. The lowest BCUT2D eigenvalue weighted by Gasteiger charge is -2.11. The van der Waals surface area contributed by atoms with Gasteiger partial charge in [-0.3, -0.25) is 0 Å². The number of nitrogens with zero attached hydrogens (tertiary/aromatic N) is 3. The summed E-state index contributed by atoms with van der Waals surface area (Å²) in [5, 5.41) is 9.36. The Bertz CT molecular complexity index is 1360. The first-order valence-electron chi connectivity index (χ1n) is 10.3. The number of primary sulfonamides is 1. The molecule has 0 aliphatic rings. The number of benzene rings is 2. The molecule has 0 radical (unpaired) electrons. The van der Waals surface area contributed by atoms with E-state index in [0.29, 0.717) is 24.0 Å². The number of fused-ring (bicyclic) bond motifs is 1. The van der Waals surface area contributed by atoms with Crippen molar-refractivity contribution in [3.05, 3.63) is 70.5 Å². The van der Waals surface area contributed by atoms with Gasteiger partial charge in [-0.15, -0.1) is 11.3 Å². The summed E-state index contributed by atoms with van der Waals surface area (Å²) in [5.41, 5.74) is 4.73. The highest BCUT2D eigenvalue weighted by molar-refractivity contribution is 7.89. The summed E-state index contributed by atoms with van der Waals surface area (Å²) in [4.78, 5) is 14.2. The van der Waals surface area contributed by atoms with Gasteiger partial charge in [0.25, 0.3) is 0 Å². The predicted octanol–water partition coefficient (Wildman–Crippen LogP) is 4.58. The lowest BCUT2D eigenvalue weighted by Crippen LogP contribution is -2.12. The van der Waals surface area contributed by atoms with Crippen LogP contribution in [-0.4, -0.2) is 23.4 Å². The SMILES string of the molecule is Cc1ccc2nc(Cc3cc(CC(C)C)nc(Nc4ccc(S(N)(=O)=O)cc4)n3)sc2c1. The molecular weight excluding hydrogens is 442 g/mol. The van der Waals surface area contributed by atoms with Crippen LogP contribution >= 0.6 is 11.3 Å². The molecule has 0 unspecified atom stereocenters. The molecule has 0 atom stereocenters. The Morgan fingerprint density at radius 3 is 2.41 bits per heavy atom. The molecule has 2 aromatic carbocycles. The van der Waals surface area contributed by atoms with E-state index in [4.69, 9.17) is 15.1 Å². The first-order chi connectivity index (χ1) is 15.2. The molecule has 2 heterocycles. The topological polar surface area (TPSA) is 111 Å². The Morgan fingerprint density at radius 2 is 1.72 bits per heavy atom. The Hall–Kier alpha value is -2.88. The van der Waals surface area contributed by atoms with Crippen molar-refractivity contribution in [3.8, 4) is 0 Å². The van der Waals surface area contributed by atoms with E-state index in [1.54, 1.807) is 23.5 Å². The van der Waals surface area contributed by atoms with Gasteiger partial charge in [0, 0.05) is 17.8 Å². The number of aromatic nitrogens is 3. The van der Waals surface area contributed by atoms with Crippen LogP contribution in [0.25, 0.3) is 10.2 Å². The summed E-state index contributed by atoms with van der Waals surface area (Å²) in [6.07, 6.45) is 1.44. The Labute approximate surface area is 191 Å². The van der Waals surface area contributed by atoms with Crippen molar-refractivity contribution in [3.63, 3.8) is 0 Å². The molecule has 9 heteroatoms. The fourth-order valence-electron chi connectivity index (χ4n) is 3.39. The van der Waals surface area contributed by atoms with Gasteiger partial charge in [0.05, 0.1) is 25.8 Å². The Kier molecular flexibility index (Phi) is 6.23. The maximum absolute atomic E-state index is 11.5. The van der Waals surface area contributed by atoms with Gasteiger partial charge in [0.15, 0.2) is 0 Å². The van der Waals surface area contributed by atoms with E-state index in [9.17, 15) is 8.42 Å². The van der Waals surface area contributed by atoms with Gasteiger partial charge in [-0.05, 0) is 67.3 Å². The van der Waals surface area contributed by atoms with Gasteiger partial charge < -0.3 is 5.32 Å². The highest BCUT2D eigenvalue weighted by Gasteiger charge is 2.12. The molecule has 2 aromatic heterocycles. The molecular formula is C23H25N5O2S2. The summed E-state index contributed by atoms with van der Waals surface area (Å²) in [6, 6.07) is 14.5. The third kappa shape index (κ3) is 5.48. The van der Waals surface area contributed by atoms with Crippen LogP contribution in [0.15, 0.2) is 53.4 Å². The Balaban J connectivity index is 1.62. The highest BCUT2D eigenvalue weighted by atomic mass is 32.2. The molecule has 0 amide bonds. The molecule has 0 saturated heterocycles. The van der Waals surface area contributed by atoms with Gasteiger partial charge >= 0.3 is 0 Å². The van der Waals surface area contributed by atoms with Gasteiger partial charge in [0.1, 0.15) is 0 Å². The van der Waals surface area contributed by atoms with Crippen LogP contribution in [0.4, 0.5) is 11.6 Å². The van der Waals surface area contributed by atoms with E-state index in [0.717, 1.165) is 28.3 Å². The van der Waals surface area contributed by atoms with Crippen molar-refractivity contribution in [2.24, 2.45) is 11.1 Å². The second-order valence-electron chi connectivity index (χ2n) is 8.22. The molecule has 0 aliphatic heterocycles. The minimum Gasteiger partial charge on any atom is -0.324 e. The zero-order valence-electron chi connectivity index (χ0n) is 18.2. The van der Waals surface area contributed by atoms with Gasteiger partial charge in [0.2, 0.25) is 16.0 Å². The molecule has 0 bridgehead atoms. The second-order valence-corrected chi connectivity index (χ2v) is 10.9.